The van der Waals surface area contributed by atoms with E-state index >= 15 is 0 Å². The quantitative estimate of drug-likeness (QED) is 0.849. The summed E-state index contributed by atoms with van der Waals surface area (Å²) in [6.07, 6.45) is 0.503. The summed E-state index contributed by atoms with van der Waals surface area (Å²) >= 11 is 0. The molecule has 1 aromatic rings. The summed E-state index contributed by atoms with van der Waals surface area (Å²) in [5.41, 5.74) is 1.44. The number of nitrogens with two attached hydrogens (primary N) is 1. The third-order valence-corrected chi connectivity index (χ3v) is 4.92. The number of aryl methyl sites for hydroxylation is 2. The van der Waals surface area contributed by atoms with Crippen LogP contribution in [0, 0.1) is 13.8 Å². The van der Waals surface area contributed by atoms with Crippen LogP contribution in [0.5, 0.6) is 0 Å². The minimum absolute atomic E-state index is 0.0167. The predicted molar refractivity (Wildman–Crippen MR) is 75.0 cm³/mol. The Morgan fingerprint density at radius 1 is 1.11 bits per heavy atom. The highest BCUT2D eigenvalue weighted by atomic mass is 32.2. The van der Waals surface area contributed by atoms with E-state index in [1.165, 1.54) is 12.1 Å². The number of hydrogen-bond acceptors (Lipinski definition) is 4. The first kappa shape index (κ1) is 15.9. The molecule has 0 amide bonds. The number of nitrogens with one attached hydrogen (secondary N) is 1. The molecule has 0 unspecified atom stereocenters. The van der Waals surface area contributed by atoms with Gasteiger partial charge < -0.3 is 0 Å². The zero-order valence-corrected chi connectivity index (χ0v) is 12.7. The maximum atomic E-state index is 11.7. The van der Waals surface area contributed by atoms with Gasteiger partial charge in [-0.3, -0.25) is 4.72 Å². The van der Waals surface area contributed by atoms with Crippen LogP contribution in [0.15, 0.2) is 17.0 Å². The van der Waals surface area contributed by atoms with Gasteiger partial charge in [0.1, 0.15) is 0 Å². The van der Waals surface area contributed by atoms with E-state index in [4.69, 9.17) is 5.14 Å². The predicted octanol–water partition coefficient (Wildman–Crippen LogP) is 1.10. The Labute approximate surface area is 114 Å². The lowest BCUT2D eigenvalue weighted by atomic mass is 10.1. The van der Waals surface area contributed by atoms with Crippen LogP contribution >= 0.6 is 0 Å². The SMILES string of the molecule is CCCS(=O)(=O)Nc1c(C)cc(S(N)(=O)=O)cc1C. The molecule has 8 heteroatoms. The molecule has 1 rings (SSSR count). The monoisotopic (exact) mass is 306 g/mol. The zero-order valence-electron chi connectivity index (χ0n) is 11.1. The maximum Gasteiger partial charge on any atom is 0.238 e. The van der Waals surface area contributed by atoms with Crippen molar-refractivity contribution in [3.05, 3.63) is 23.3 Å². The fraction of sp³-hybridized carbons (Fsp3) is 0.455. The van der Waals surface area contributed by atoms with Gasteiger partial charge >= 0.3 is 0 Å². The molecular formula is C11H18N2O4S2. The Morgan fingerprint density at radius 2 is 1.58 bits per heavy atom. The number of sulfonamides is 2. The van der Waals surface area contributed by atoms with Crippen molar-refractivity contribution < 1.29 is 16.8 Å². The highest BCUT2D eigenvalue weighted by molar-refractivity contribution is 7.92. The molecule has 0 aliphatic heterocycles. The number of benzene rings is 1. The van der Waals surface area contributed by atoms with E-state index in [1.54, 1.807) is 20.8 Å². The van der Waals surface area contributed by atoms with Crippen LogP contribution in [-0.4, -0.2) is 22.6 Å². The van der Waals surface area contributed by atoms with Gasteiger partial charge in [0.2, 0.25) is 20.0 Å². The largest absolute Gasteiger partial charge is 0.283 e. The van der Waals surface area contributed by atoms with Crippen molar-refractivity contribution in [2.45, 2.75) is 32.1 Å². The summed E-state index contributed by atoms with van der Waals surface area (Å²) in [7, 11) is -7.20. The van der Waals surface area contributed by atoms with Crippen molar-refractivity contribution in [2.75, 3.05) is 10.5 Å². The molecule has 0 heterocycles. The first-order chi connectivity index (χ1) is 8.57. The average molecular weight is 306 g/mol. The fourth-order valence-electron chi connectivity index (χ4n) is 1.72. The van der Waals surface area contributed by atoms with Gasteiger partial charge in [0.15, 0.2) is 0 Å². The molecule has 1 aromatic carbocycles. The summed E-state index contributed by atoms with van der Waals surface area (Å²) in [5.74, 6) is 0.0167. The number of anilines is 1. The van der Waals surface area contributed by atoms with E-state index in [-0.39, 0.29) is 10.6 Å². The first-order valence-corrected chi connectivity index (χ1v) is 8.91. The van der Waals surface area contributed by atoms with Crippen molar-refractivity contribution >= 4 is 25.7 Å². The van der Waals surface area contributed by atoms with E-state index in [0.717, 1.165) is 0 Å². The molecule has 0 radical (unpaired) electrons. The molecule has 0 fully saturated rings. The first-order valence-electron chi connectivity index (χ1n) is 5.71. The molecule has 19 heavy (non-hydrogen) atoms. The number of rotatable bonds is 5. The third-order valence-electron chi connectivity index (χ3n) is 2.57. The smallest absolute Gasteiger partial charge is 0.238 e. The van der Waals surface area contributed by atoms with Crippen LogP contribution in [0.4, 0.5) is 5.69 Å². The Bertz CT molecular complexity index is 656. The molecule has 0 saturated carbocycles. The molecule has 0 aromatic heterocycles. The summed E-state index contributed by atoms with van der Waals surface area (Å²) < 4.78 is 48.5. The minimum Gasteiger partial charge on any atom is -0.283 e. The molecule has 0 aliphatic rings. The second-order valence-electron chi connectivity index (χ2n) is 4.40. The van der Waals surface area contributed by atoms with Crippen molar-refractivity contribution in [1.29, 1.82) is 0 Å². The van der Waals surface area contributed by atoms with Crippen molar-refractivity contribution in [3.8, 4) is 0 Å². The highest BCUT2D eigenvalue weighted by Crippen LogP contribution is 2.25. The standard InChI is InChI=1S/C11H18N2O4S2/c1-4-5-18(14,15)13-11-8(2)6-10(7-9(11)3)19(12,16)17/h6-7,13H,4-5H2,1-3H3,(H2,12,16,17). The van der Waals surface area contributed by atoms with Crippen molar-refractivity contribution in [3.63, 3.8) is 0 Å². The molecular weight excluding hydrogens is 288 g/mol. The normalized spacial score (nSPS) is 12.4. The van der Waals surface area contributed by atoms with Gasteiger partial charge in [0.05, 0.1) is 16.3 Å². The lowest BCUT2D eigenvalue weighted by Gasteiger charge is -2.14. The molecule has 0 aliphatic carbocycles. The summed E-state index contributed by atoms with van der Waals surface area (Å²) in [5, 5.41) is 5.05. The maximum absolute atomic E-state index is 11.7. The van der Waals surface area contributed by atoms with Crippen molar-refractivity contribution in [1.82, 2.24) is 0 Å². The Balaban J connectivity index is 3.26. The van der Waals surface area contributed by atoms with Gasteiger partial charge in [0, 0.05) is 0 Å². The van der Waals surface area contributed by atoms with Crippen molar-refractivity contribution in [2.24, 2.45) is 5.14 Å². The fourth-order valence-corrected chi connectivity index (χ4v) is 3.68. The van der Waals surface area contributed by atoms with Gasteiger partial charge in [-0.05, 0) is 43.5 Å². The Hall–Kier alpha value is -1.12. The molecule has 0 saturated heterocycles. The Morgan fingerprint density at radius 3 is 1.95 bits per heavy atom. The van der Waals surface area contributed by atoms with E-state index in [0.29, 0.717) is 23.2 Å². The third kappa shape index (κ3) is 4.19. The van der Waals surface area contributed by atoms with Crippen LogP contribution < -0.4 is 9.86 Å². The second kappa shape index (κ2) is 5.48. The van der Waals surface area contributed by atoms with Crippen LogP contribution in [0.3, 0.4) is 0 Å². The number of hydrogen-bond donors (Lipinski definition) is 2. The van der Waals surface area contributed by atoms with E-state index in [1.807, 2.05) is 0 Å². The topological polar surface area (TPSA) is 106 Å². The summed E-state index contributed by atoms with van der Waals surface area (Å²) in [4.78, 5) is -0.0269. The van der Waals surface area contributed by atoms with Crippen LogP contribution in [0.1, 0.15) is 24.5 Å². The summed E-state index contributed by atoms with van der Waals surface area (Å²) in [6, 6.07) is 2.71. The molecule has 6 nitrogen and oxygen atoms in total. The van der Waals surface area contributed by atoms with Crippen LogP contribution in [0.25, 0.3) is 0 Å². The van der Waals surface area contributed by atoms with Gasteiger partial charge in [-0.1, -0.05) is 6.92 Å². The molecule has 0 spiro atoms. The Kier molecular flexibility index (Phi) is 4.59. The van der Waals surface area contributed by atoms with E-state index in [2.05, 4.69) is 4.72 Å². The van der Waals surface area contributed by atoms with Gasteiger partial charge in [0.25, 0.3) is 0 Å². The van der Waals surface area contributed by atoms with Crippen LogP contribution in [0.2, 0.25) is 0 Å². The second-order valence-corrected chi connectivity index (χ2v) is 7.80. The lowest BCUT2D eigenvalue weighted by Crippen LogP contribution is -2.18. The van der Waals surface area contributed by atoms with Gasteiger partial charge in [-0.15, -0.1) is 0 Å². The highest BCUT2D eigenvalue weighted by Gasteiger charge is 2.16. The lowest BCUT2D eigenvalue weighted by molar-refractivity contribution is 0.597. The number of primary sulfonamides is 1. The van der Waals surface area contributed by atoms with Gasteiger partial charge in [-0.2, -0.15) is 0 Å². The zero-order chi connectivity index (χ0) is 14.8. The van der Waals surface area contributed by atoms with E-state index < -0.39 is 20.0 Å². The van der Waals surface area contributed by atoms with E-state index in [9.17, 15) is 16.8 Å². The minimum atomic E-state index is -3.80. The van der Waals surface area contributed by atoms with Gasteiger partial charge in [-0.25, -0.2) is 22.0 Å². The molecule has 3 N–H and O–H groups in total. The average Bonchev–Trinajstić information content (AvgIpc) is 2.21. The summed E-state index contributed by atoms with van der Waals surface area (Å²) in [6.45, 7) is 5.03. The molecule has 0 bridgehead atoms. The molecule has 0 atom stereocenters. The molecule has 108 valence electrons. The van der Waals surface area contributed by atoms with Crippen LogP contribution in [-0.2, 0) is 20.0 Å².